The first-order valence-electron chi connectivity index (χ1n) is 6.36. The van der Waals surface area contributed by atoms with Crippen LogP contribution in [0.4, 0.5) is 20.5 Å². The minimum atomic E-state index is -0.746. The summed E-state index contributed by atoms with van der Waals surface area (Å²) in [5.41, 5.74) is 0.767. The number of nitrogens with zero attached hydrogens (tertiary/aromatic N) is 2. The van der Waals surface area contributed by atoms with E-state index in [0.717, 1.165) is 17.7 Å². The van der Waals surface area contributed by atoms with E-state index < -0.39 is 11.6 Å². The molecule has 112 valence electrons. The Morgan fingerprint density at radius 1 is 1.09 bits per heavy atom. The molecule has 2 aromatic carbocycles. The zero-order chi connectivity index (χ0) is 15.5. The maximum Gasteiger partial charge on any atom is 0.326 e. The Morgan fingerprint density at radius 3 is 2.55 bits per heavy atom. The maximum atomic E-state index is 13.5. The zero-order valence-corrected chi connectivity index (χ0v) is 11.5. The highest BCUT2D eigenvalue weighted by atomic mass is 19.1. The molecule has 1 aromatic heterocycles. The van der Waals surface area contributed by atoms with E-state index in [-0.39, 0.29) is 11.7 Å². The van der Waals surface area contributed by atoms with Gasteiger partial charge >= 0.3 is 6.01 Å². The van der Waals surface area contributed by atoms with Crippen LogP contribution in [0.15, 0.2) is 47.0 Å². The number of aromatic nitrogens is 2. The van der Waals surface area contributed by atoms with E-state index in [1.165, 1.54) is 6.07 Å². The second-order valence-electron chi connectivity index (χ2n) is 4.40. The average molecular weight is 303 g/mol. The van der Waals surface area contributed by atoms with Gasteiger partial charge in [-0.1, -0.05) is 5.16 Å². The van der Waals surface area contributed by atoms with Crippen molar-refractivity contribution >= 4 is 11.7 Å². The van der Waals surface area contributed by atoms with Crippen LogP contribution in [0.1, 0.15) is 0 Å². The van der Waals surface area contributed by atoms with E-state index in [1.807, 2.05) is 0 Å². The Balaban J connectivity index is 1.81. The Bertz CT molecular complexity index is 788. The Hall–Kier alpha value is -2.96. The van der Waals surface area contributed by atoms with E-state index in [2.05, 4.69) is 15.5 Å². The zero-order valence-electron chi connectivity index (χ0n) is 11.5. The van der Waals surface area contributed by atoms with Crippen LogP contribution >= 0.6 is 0 Å². The third kappa shape index (κ3) is 2.88. The maximum absolute atomic E-state index is 13.5. The van der Waals surface area contributed by atoms with Crippen LogP contribution in [-0.2, 0) is 0 Å². The first-order valence-corrected chi connectivity index (χ1v) is 6.36. The second-order valence-corrected chi connectivity index (χ2v) is 4.40. The van der Waals surface area contributed by atoms with Crippen LogP contribution < -0.4 is 10.1 Å². The SMILES string of the molecule is COc1ccc(-c2noc(Nc3ccc(F)cc3F)n2)cc1. The standard InChI is InChI=1S/C15H11F2N3O2/c1-21-11-5-2-9(3-6-11)14-19-15(22-20-14)18-13-7-4-10(16)8-12(13)17/h2-8H,1H3,(H,18,19,20). The molecule has 0 aliphatic heterocycles. The van der Waals surface area contributed by atoms with Gasteiger partial charge in [0.2, 0.25) is 5.82 Å². The van der Waals surface area contributed by atoms with Crippen molar-refractivity contribution in [2.24, 2.45) is 0 Å². The van der Waals surface area contributed by atoms with Gasteiger partial charge in [-0.25, -0.2) is 8.78 Å². The van der Waals surface area contributed by atoms with Gasteiger partial charge in [0.1, 0.15) is 17.4 Å². The van der Waals surface area contributed by atoms with Crippen molar-refractivity contribution in [3.8, 4) is 17.1 Å². The number of methoxy groups -OCH3 is 1. The Labute approximate surface area is 124 Å². The van der Waals surface area contributed by atoms with Crippen molar-refractivity contribution < 1.29 is 18.0 Å². The smallest absolute Gasteiger partial charge is 0.326 e. The lowest BCUT2D eigenvalue weighted by Gasteiger charge is -2.02. The number of hydrogen-bond donors (Lipinski definition) is 1. The number of anilines is 2. The van der Waals surface area contributed by atoms with E-state index in [9.17, 15) is 8.78 Å². The first-order chi connectivity index (χ1) is 10.7. The number of halogens is 2. The van der Waals surface area contributed by atoms with Crippen LogP contribution in [0.2, 0.25) is 0 Å². The summed E-state index contributed by atoms with van der Waals surface area (Å²) in [6.45, 7) is 0. The molecule has 0 spiro atoms. The molecule has 22 heavy (non-hydrogen) atoms. The topological polar surface area (TPSA) is 60.2 Å². The first kappa shape index (κ1) is 14.0. The third-order valence-electron chi connectivity index (χ3n) is 2.95. The summed E-state index contributed by atoms with van der Waals surface area (Å²) in [5.74, 6) is -0.358. The Kier molecular flexibility index (Phi) is 3.69. The van der Waals surface area contributed by atoms with Crippen molar-refractivity contribution in [2.45, 2.75) is 0 Å². The van der Waals surface area contributed by atoms with Crippen LogP contribution in [0.25, 0.3) is 11.4 Å². The number of rotatable bonds is 4. The van der Waals surface area contributed by atoms with E-state index >= 15 is 0 Å². The molecule has 0 amide bonds. The van der Waals surface area contributed by atoms with Crippen LogP contribution in [-0.4, -0.2) is 17.3 Å². The predicted molar refractivity (Wildman–Crippen MR) is 75.9 cm³/mol. The summed E-state index contributed by atoms with van der Waals surface area (Å²) in [7, 11) is 1.57. The fourth-order valence-corrected chi connectivity index (χ4v) is 1.84. The second kappa shape index (κ2) is 5.80. The lowest BCUT2D eigenvalue weighted by Crippen LogP contribution is -1.94. The summed E-state index contributed by atoms with van der Waals surface area (Å²) in [4.78, 5) is 4.10. The quantitative estimate of drug-likeness (QED) is 0.795. The van der Waals surface area contributed by atoms with Crippen LogP contribution in [0, 0.1) is 11.6 Å². The largest absolute Gasteiger partial charge is 0.497 e. The van der Waals surface area contributed by atoms with E-state index in [1.54, 1.807) is 31.4 Å². The molecule has 0 atom stereocenters. The van der Waals surface area contributed by atoms with Crippen molar-refractivity contribution in [2.75, 3.05) is 12.4 Å². The van der Waals surface area contributed by atoms with Gasteiger partial charge < -0.3 is 14.6 Å². The van der Waals surface area contributed by atoms with Gasteiger partial charge in [0.05, 0.1) is 12.8 Å². The monoisotopic (exact) mass is 303 g/mol. The molecule has 1 heterocycles. The van der Waals surface area contributed by atoms with Gasteiger partial charge in [-0.15, -0.1) is 0 Å². The molecular weight excluding hydrogens is 292 g/mol. The summed E-state index contributed by atoms with van der Waals surface area (Å²) in [5, 5.41) is 6.40. The fraction of sp³-hybridized carbons (Fsp3) is 0.0667. The number of hydrogen-bond acceptors (Lipinski definition) is 5. The lowest BCUT2D eigenvalue weighted by molar-refractivity contribution is 0.415. The number of benzene rings is 2. The van der Waals surface area contributed by atoms with Crippen LogP contribution in [0.3, 0.4) is 0 Å². The van der Waals surface area contributed by atoms with Gasteiger partial charge in [0.15, 0.2) is 0 Å². The summed E-state index contributed by atoms with van der Waals surface area (Å²) in [6.07, 6.45) is 0. The minimum absolute atomic E-state index is 0.0105. The molecule has 7 heteroatoms. The molecule has 0 unspecified atom stereocenters. The summed E-state index contributed by atoms with van der Waals surface area (Å²) in [6, 6.07) is 10.2. The molecule has 0 aliphatic carbocycles. The van der Waals surface area contributed by atoms with Crippen molar-refractivity contribution in [3.05, 3.63) is 54.1 Å². The highest BCUT2D eigenvalue weighted by Crippen LogP contribution is 2.23. The normalized spacial score (nSPS) is 10.5. The molecule has 5 nitrogen and oxygen atoms in total. The summed E-state index contributed by atoms with van der Waals surface area (Å²) < 4.78 is 36.5. The number of nitrogens with one attached hydrogen (secondary N) is 1. The molecular formula is C15H11F2N3O2. The van der Waals surface area contributed by atoms with Gasteiger partial charge in [-0.2, -0.15) is 4.98 Å². The van der Waals surface area contributed by atoms with E-state index in [4.69, 9.17) is 9.26 Å². The molecule has 3 aromatic rings. The van der Waals surface area contributed by atoms with Crippen molar-refractivity contribution in [1.82, 2.24) is 10.1 Å². The molecule has 0 radical (unpaired) electrons. The average Bonchev–Trinajstić information content (AvgIpc) is 2.99. The highest BCUT2D eigenvalue weighted by Gasteiger charge is 2.11. The van der Waals surface area contributed by atoms with Gasteiger partial charge in [-0.05, 0) is 36.4 Å². The van der Waals surface area contributed by atoms with Crippen molar-refractivity contribution in [1.29, 1.82) is 0 Å². The lowest BCUT2D eigenvalue weighted by atomic mass is 10.2. The third-order valence-corrected chi connectivity index (χ3v) is 2.95. The molecule has 0 saturated heterocycles. The molecule has 0 saturated carbocycles. The van der Waals surface area contributed by atoms with E-state index in [0.29, 0.717) is 11.6 Å². The summed E-state index contributed by atoms with van der Waals surface area (Å²) >= 11 is 0. The molecule has 0 fully saturated rings. The van der Waals surface area contributed by atoms with Gasteiger partial charge in [0.25, 0.3) is 0 Å². The molecule has 1 N–H and O–H groups in total. The number of ether oxygens (including phenoxy) is 1. The Morgan fingerprint density at radius 2 is 1.86 bits per heavy atom. The van der Waals surface area contributed by atoms with Gasteiger partial charge in [0, 0.05) is 11.6 Å². The molecule has 0 aliphatic rings. The van der Waals surface area contributed by atoms with Gasteiger partial charge in [-0.3, -0.25) is 0 Å². The fourth-order valence-electron chi connectivity index (χ4n) is 1.84. The molecule has 3 rings (SSSR count). The van der Waals surface area contributed by atoms with Crippen molar-refractivity contribution in [3.63, 3.8) is 0 Å². The minimum Gasteiger partial charge on any atom is -0.497 e. The predicted octanol–water partition coefficient (Wildman–Crippen LogP) is 3.77. The highest BCUT2D eigenvalue weighted by molar-refractivity contribution is 5.59. The molecule has 0 bridgehead atoms. The van der Waals surface area contributed by atoms with Crippen LogP contribution in [0.5, 0.6) is 5.75 Å².